The largest absolute Gasteiger partial charge is 0.495 e. The second-order valence-electron chi connectivity index (χ2n) is 7.61. The van der Waals surface area contributed by atoms with Gasteiger partial charge in [0.2, 0.25) is 5.91 Å². The standard InChI is InChI=1S/C25H27ClN2O5S/c1-18-9-10-19(2)24(15-18)33-14-13-27-25(29)17-28(22-16-20(26)11-12-23(22)32-3)34(30,31)21-7-5-4-6-8-21/h4-12,15-16H,13-14,17H2,1-3H3,(H,27,29). The van der Waals surface area contributed by atoms with Gasteiger partial charge in [0.25, 0.3) is 10.0 Å². The van der Waals surface area contributed by atoms with Crippen molar-refractivity contribution in [3.8, 4) is 11.5 Å². The Morgan fingerprint density at radius 3 is 2.44 bits per heavy atom. The van der Waals surface area contributed by atoms with Gasteiger partial charge in [-0.3, -0.25) is 9.10 Å². The lowest BCUT2D eigenvalue weighted by molar-refractivity contribution is -0.119. The van der Waals surface area contributed by atoms with Gasteiger partial charge < -0.3 is 14.8 Å². The molecule has 0 unspecified atom stereocenters. The third-order valence-corrected chi connectivity index (χ3v) is 7.06. The molecule has 0 aliphatic rings. The Kier molecular flexibility index (Phi) is 8.41. The Morgan fingerprint density at radius 2 is 1.74 bits per heavy atom. The third-order valence-electron chi connectivity index (χ3n) is 5.05. The zero-order valence-corrected chi connectivity index (χ0v) is 20.8. The number of hydrogen-bond acceptors (Lipinski definition) is 5. The van der Waals surface area contributed by atoms with Gasteiger partial charge in [-0.1, -0.05) is 41.9 Å². The van der Waals surface area contributed by atoms with Crippen LogP contribution in [0.5, 0.6) is 11.5 Å². The van der Waals surface area contributed by atoms with Crippen LogP contribution in [0.2, 0.25) is 5.02 Å². The van der Waals surface area contributed by atoms with Gasteiger partial charge in [-0.05, 0) is 61.4 Å². The average molecular weight is 503 g/mol. The molecule has 3 aromatic rings. The highest BCUT2D eigenvalue weighted by molar-refractivity contribution is 7.92. The van der Waals surface area contributed by atoms with E-state index in [-0.39, 0.29) is 29.5 Å². The molecule has 9 heteroatoms. The molecule has 0 atom stereocenters. The summed E-state index contributed by atoms with van der Waals surface area (Å²) in [6, 6.07) is 18.4. The van der Waals surface area contributed by atoms with Gasteiger partial charge in [0.15, 0.2) is 0 Å². The van der Waals surface area contributed by atoms with Crippen LogP contribution in [-0.4, -0.2) is 41.1 Å². The monoisotopic (exact) mass is 502 g/mol. The van der Waals surface area contributed by atoms with Crippen LogP contribution >= 0.6 is 11.6 Å². The van der Waals surface area contributed by atoms with Crippen molar-refractivity contribution in [2.45, 2.75) is 18.7 Å². The summed E-state index contributed by atoms with van der Waals surface area (Å²) in [4.78, 5) is 12.8. The number of nitrogens with zero attached hydrogens (tertiary/aromatic N) is 1. The van der Waals surface area contributed by atoms with Crippen LogP contribution in [-0.2, 0) is 14.8 Å². The molecule has 0 spiro atoms. The Labute approximate surface area is 205 Å². The van der Waals surface area contributed by atoms with Crippen LogP contribution in [0, 0.1) is 13.8 Å². The first-order chi connectivity index (χ1) is 16.2. The number of benzene rings is 3. The van der Waals surface area contributed by atoms with E-state index in [1.165, 1.54) is 25.3 Å². The van der Waals surface area contributed by atoms with Gasteiger partial charge >= 0.3 is 0 Å². The van der Waals surface area contributed by atoms with Crippen LogP contribution in [0.4, 0.5) is 5.69 Å². The summed E-state index contributed by atoms with van der Waals surface area (Å²) < 4.78 is 39.0. The normalized spacial score (nSPS) is 11.1. The summed E-state index contributed by atoms with van der Waals surface area (Å²) in [7, 11) is -2.66. The summed E-state index contributed by atoms with van der Waals surface area (Å²) in [5.41, 5.74) is 2.23. The van der Waals surface area contributed by atoms with E-state index in [1.54, 1.807) is 30.3 Å². The highest BCUT2D eigenvalue weighted by Gasteiger charge is 2.29. The number of aryl methyl sites for hydroxylation is 2. The van der Waals surface area contributed by atoms with E-state index in [0.717, 1.165) is 21.2 Å². The molecular weight excluding hydrogens is 476 g/mol. The van der Waals surface area contributed by atoms with Gasteiger partial charge in [-0.25, -0.2) is 8.42 Å². The molecule has 0 saturated heterocycles. The number of carbonyl (C=O) groups excluding carboxylic acids is 1. The summed E-state index contributed by atoms with van der Waals surface area (Å²) in [6.45, 7) is 3.90. The Morgan fingerprint density at radius 1 is 1.00 bits per heavy atom. The number of amides is 1. The molecule has 34 heavy (non-hydrogen) atoms. The topological polar surface area (TPSA) is 84.9 Å². The van der Waals surface area contributed by atoms with Crippen LogP contribution < -0.4 is 19.1 Å². The minimum absolute atomic E-state index is 0.0445. The molecular formula is C25H27ClN2O5S. The quantitative estimate of drug-likeness (QED) is 0.416. The van der Waals surface area contributed by atoms with Gasteiger partial charge in [-0.15, -0.1) is 0 Å². The first kappa shape index (κ1) is 25.4. The lowest BCUT2D eigenvalue weighted by atomic mass is 10.1. The maximum absolute atomic E-state index is 13.5. The van der Waals surface area contributed by atoms with E-state index in [9.17, 15) is 13.2 Å². The number of ether oxygens (including phenoxy) is 2. The van der Waals surface area contributed by atoms with Crippen molar-refractivity contribution in [1.29, 1.82) is 0 Å². The molecule has 0 fully saturated rings. The van der Waals surface area contributed by atoms with E-state index in [4.69, 9.17) is 21.1 Å². The highest BCUT2D eigenvalue weighted by atomic mass is 35.5. The van der Waals surface area contributed by atoms with Crippen molar-refractivity contribution in [2.24, 2.45) is 0 Å². The fourth-order valence-corrected chi connectivity index (χ4v) is 4.89. The molecule has 0 heterocycles. The van der Waals surface area contributed by atoms with Crippen molar-refractivity contribution >= 4 is 33.2 Å². The fourth-order valence-electron chi connectivity index (χ4n) is 3.28. The molecule has 0 saturated carbocycles. The predicted octanol–water partition coefficient (Wildman–Crippen LogP) is 4.36. The Balaban J connectivity index is 1.77. The molecule has 0 bridgehead atoms. The number of carbonyl (C=O) groups is 1. The maximum Gasteiger partial charge on any atom is 0.264 e. The maximum atomic E-state index is 13.5. The average Bonchev–Trinajstić information content (AvgIpc) is 2.82. The van der Waals surface area contributed by atoms with Crippen LogP contribution in [0.25, 0.3) is 0 Å². The number of sulfonamides is 1. The number of nitrogens with one attached hydrogen (secondary N) is 1. The van der Waals surface area contributed by atoms with Crippen molar-refractivity contribution < 1.29 is 22.7 Å². The van der Waals surface area contributed by atoms with Crippen LogP contribution in [0.15, 0.2) is 71.6 Å². The zero-order chi connectivity index (χ0) is 24.7. The van der Waals surface area contributed by atoms with Gasteiger partial charge in [-0.2, -0.15) is 0 Å². The molecule has 7 nitrogen and oxygen atoms in total. The highest BCUT2D eigenvalue weighted by Crippen LogP contribution is 2.34. The van der Waals surface area contributed by atoms with E-state index in [1.807, 2.05) is 32.0 Å². The summed E-state index contributed by atoms with van der Waals surface area (Å²) in [5.74, 6) is 0.521. The molecule has 0 aromatic heterocycles. The lowest BCUT2D eigenvalue weighted by Gasteiger charge is -2.26. The Bertz CT molecular complexity index is 1250. The number of hydrogen-bond donors (Lipinski definition) is 1. The zero-order valence-electron chi connectivity index (χ0n) is 19.2. The number of rotatable bonds is 10. The van der Waals surface area contributed by atoms with Crippen molar-refractivity contribution in [1.82, 2.24) is 5.32 Å². The van der Waals surface area contributed by atoms with E-state index < -0.39 is 22.5 Å². The number of anilines is 1. The van der Waals surface area contributed by atoms with Gasteiger partial charge in [0, 0.05) is 5.02 Å². The SMILES string of the molecule is COc1ccc(Cl)cc1N(CC(=O)NCCOc1cc(C)ccc1C)S(=O)(=O)c1ccccc1. The predicted molar refractivity (Wildman–Crippen MR) is 133 cm³/mol. The van der Waals surface area contributed by atoms with Crippen molar-refractivity contribution in [2.75, 3.05) is 31.1 Å². The fraction of sp³-hybridized carbons (Fsp3) is 0.240. The third kappa shape index (κ3) is 6.21. The molecule has 3 rings (SSSR count). The second-order valence-corrected chi connectivity index (χ2v) is 9.91. The molecule has 1 amide bonds. The minimum Gasteiger partial charge on any atom is -0.495 e. The summed E-state index contributed by atoms with van der Waals surface area (Å²) in [6.07, 6.45) is 0. The number of methoxy groups -OCH3 is 1. The number of halogens is 1. The summed E-state index contributed by atoms with van der Waals surface area (Å²) >= 11 is 6.14. The first-order valence-electron chi connectivity index (χ1n) is 10.6. The molecule has 0 aliphatic carbocycles. The molecule has 0 radical (unpaired) electrons. The molecule has 0 aliphatic heterocycles. The van der Waals surface area contributed by atoms with Crippen LogP contribution in [0.3, 0.4) is 0 Å². The van der Waals surface area contributed by atoms with Gasteiger partial charge in [0.05, 0.1) is 24.2 Å². The lowest BCUT2D eigenvalue weighted by Crippen LogP contribution is -2.42. The van der Waals surface area contributed by atoms with Crippen molar-refractivity contribution in [3.05, 3.63) is 82.9 Å². The molecule has 1 N–H and O–H groups in total. The first-order valence-corrected chi connectivity index (χ1v) is 12.4. The van der Waals surface area contributed by atoms with Crippen molar-refractivity contribution in [3.63, 3.8) is 0 Å². The van der Waals surface area contributed by atoms with E-state index in [0.29, 0.717) is 5.02 Å². The van der Waals surface area contributed by atoms with Gasteiger partial charge in [0.1, 0.15) is 24.7 Å². The second kappa shape index (κ2) is 11.3. The van der Waals surface area contributed by atoms with E-state index >= 15 is 0 Å². The Hall–Kier alpha value is -3.23. The summed E-state index contributed by atoms with van der Waals surface area (Å²) in [5, 5.41) is 3.03. The van der Waals surface area contributed by atoms with E-state index in [2.05, 4.69) is 5.32 Å². The smallest absolute Gasteiger partial charge is 0.264 e. The molecule has 180 valence electrons. The van der Waals surface area contributed by atoms with Crippen LogP contribution in [0.1, 0.15) is 11.1 Å². The minimum atomic E-state index is -4.08. The molecule has 3 aromatic carbocycles.